The molecule has 0 unspecified atom stereocenters. The molecular weight excluding hydrogens is 124 g/mol. The number of hydrogen-bond acceptors (Lipinski definition) is 1. The fourth-order valence-corrected chi connectivity index (χ4v) is 2.51. The first-order valence-electron chi connectivity index (χ1n) is 4.21. The zero-order chi connectivity index (χ0) is 6.60. The van der Waals surface area contributed by atoms with E-state index in [0.29, 0.717) is 5.60 Å². The quantitative estimate of drug-likeness (QED) is 0.365. The second-order valence-electron chi connectivity index (χ2n) is 3.89. The molecule has 2 bridgehead atoms. The highest BCUT2D eigenvalue weighted by Crippen LogP contribution is 2.52. The summed E-state index contributed by atoms with van der Waals surface area (Å²) in [6.07, 6.45) is 8.87. The standard InChI is InChI=1S/C9H12O/c1-3-8-4-2-7(1)5-9(8)6-10-9/h1,3,7-8H,2,4-6H2/t7-,8+,9+/m1/s1. The van der Waals surface area contributed by atoms with Gasteiger partial charge in [0.2, 0.25) is 0 Å². The normalized spacial score (nSPS) is 56.0. The molecule has 0 radical (unpaired) electrons. The third kappa shape index (κ3) is 0.523. The Bertz CT molecular complexity index is 191. The van der Waals surface area contributed by atoms with Crippen molar-refractivity contribution in [3.05, 3.63) is 12.2 Å². The maximum absolute atomic E-state index is 5.52. The fourth-order valence-electron chi connectivity index (χ4n) is 2.51. The molecule has 1 saturated heterocycles. The monoisotopic (exact) mass is 136 g/mol. The van der Waals surface area contributed by atoms with Crippen LogP contribution in [0.3, 0.4) is 0 Å². The Balaban J connectivity index is 2.00. The van der Waals surface area contributed by atoms with Crippen molar-refractivity contribution >= 4 is 0 Å². The van der Waals surface area contributed by atoms with E-state index >= 15 is 0 Å². The molecule has 4 aliphatic rings. The van der Waals surface area contributed by atoms with Crippen molar-refractivity contribution < 1.29 is 4.74 Å². The van der Waals surface area contributed by atoms with Gasteiger partial charge in [0.05, 0.1) is 12.2 Å². The van der Waals surface area contributed by atoms with Crippen LogP contribution in [-0.4, -0.2) is 12.2 Å². The van der Waals surface area contributed by atoms with E-state index in [1.54, 1.807) is 0 Å². The van der Waals surface area contributed by atoms with Crippen LogP contribution in [0.5, 0.6) is 0 Å². The molecule has 1 nitrogen and oxygen atoms in total. The molecule has 4 rings (SSSR count). The molecule has 10 heavy (non-hydrogen) atoms. The van der Waals surface area contributed by atoms with Crippen molar-refractivity contribution in [3.63, 3.8) is 0 Å². The van der Waals surface area contributed by atoms with E-state index in [9.17, 15) is 0 Å². The predicted octanol–water partition coefficient (Wildman–Crippen LogP) is 1.74. The van der Waals surface area contributed by atoms with E-state index in [4.69, 9.17) is 4.74 Å². The topological polar surface area (TPSA) is 12.5 Å². The molecule has 0 aromatic heterocycles. The lowest BCUT2D eigenvalue weighted by Crippen LogP contribution is -2.34. The molecule has 3 atom stereocenters. The van der Waals surface area contributed by atoms with Gasteiger partial charge in [-0.25, -0.2) is 0 Å². The summed E-state index contributed by atoms with van der Waals surface area (Å²) in [7, 11) is 0. The fraction of sp³-hybridized carbons (Fsp3) is 0.778. The van der Waals surface area contributed by atoms with E-state index in [-0.39, 0.29) is 0 Å². The van der Waals surface area contributed by atoms with Crippen molar-refractivity contribution in [3.8, 4) is 0 Å². The average Bonchev–Trinajstić information content (AvgIpc) is 2.72. The highest BCUT2D eigenvalue weighted by Gasteiger charge is 2.54. The second-order valence-corrected chi connectivity index (χ2v) is 3.89. The summed E-state index contributed by atoms with van der Waals surface area (Å²) in [5.41, 5.74) is 0.359. The molecule has 54 valence electrons. The summed E-state index contributed by atoms with van der Waals surface area (Å²) >= 11 is 0. The number of hydrogen-bond donors (Lipinski definition) is 0. The Labute approximate surface area is 61.1 Å². The van der Waals surface area contributed by atoms with Gasteiger partial charge in [-0.3, -0.25) is 0 Å². The summed E-state index contributed by atoms with van der Waals surface area (Å²) in [5.74, 6) is 1.63. The van der Waals surface area contributed by atoms with Crippen LogP contribution in [-0.2, 0) is 4.74 Å². The van der Waals surface area contributed by atoms with E-state index in [1.165, 1.54) is 19.3 Å². The summed E-state index contributed by atoms with van der Waals surface area (Å²) in [4.78, 5) is 0. The third-order valence-corrected chi connectivity index (χ3v) is 3.26. The van der Waals surface area contributed by atoms with E-state index in [0.717, 1.165) is 18.4 Å². The lowest BCUT2D eigenvalue weighted by Gasteiger charge is -2.35. The van der Waals surface area contributed by atoms with Crippen molar-refractivity contribution in [2.75, 3.05) is 6.61 Å². The maximum atomic E-state index is 5.52. The SMILES string of the molecule is C1=C[C@H]2CC[C@@H]1C[C@]21CO1. The zero-order valence-corrected chi connectivity index (χ0v) is 6.05. The molecule has 1 heterocycles. The molecular formula is C9H12O. The van der Waals surface area contributed by atoms with Crippen molar-refractivity contribution in [2.45, 2.75) is 24.9 Å². The largest absolute Gasteiger partial charge is 0.369 e. The number of epoxide rings is 1. The lowest BCUT2D eigenvalue weighted by molar-refractivity contribution is 0.151. The van der Waals surface area contributed by atoms with E-state index in [2.05, 4.69) is 12.2 Å². The number of rotatable bonds is 0. The summed E-state index contributed by atoms with van der Waals surface area (Å²) in [5, 5.41) is 0. The van der Waals surface area contributed by atoms with E-state index in [1.807, 2.05) is 0 Å². The Morgan fingerprint density at radius 3 is 2.50 bits per heavy atom. The summed E-state index contributed by atoms with van der Waals surface area (Å²) in [6.45, 7) is 1.04. The van der Waals surface area contributed by atoms with Crippen LogP contribution in [0.25, 0.3) is 0 Å². The first-order valence-corrected chi connectivity index (χ1v) is 4.21. The minimum Gasteiger partial charge on any atom is -0.369 e. The van der Waals surface area contributed by atoms with Crippen LogP contribution in [0.4, 0.5) is 0 Å². The number of allylic oxidation sites excluding steroid dienone is 1. The summed E-state index contributed by atoms with van der Waals surface area (Å²) < 4.78 is 5.52. The summed E-state index contributed by atoms with van der Waals surface area (Å²) in [6, 6.07) is 0. The van der Waals surface area contributed by atoms with Gasteiger partial charge in [0, 0.05) is 5.92 Å². The van der Waals surface area contributed by atoms with Crippen LogP contribution in [0.15, 0.2) is 12.2 Å². The molecule has 1 heteroatoms. The van der Waals surface area contributed by atoms with Gasteiger partial charge in [-0.1, -0.05) is 12.2 Å². The first kappa shape index (κ1) is 5.36. The van der Waals surface area contributed by atoms with Crippen LogP contribution in [0.2, 0.25) is 0 Å². The van der Waals surface area contributed by atoms with Gasteiger partial charge < -0.3 is 4.74 Å². The second kappa shape index (κ2) is 1.48. The Kier molecular flexibility index (Phi) is 0.791. The van der Waals surface area contributed by atoms with E-state index < -0.39 is 0 Å². The molecule has 0 N–H and O–H groups in total. The van der Waals surface area contributed by atoms with Crippen molar-refractivity contribution in [1.29, 1.82) is 0 Å². The zero-order valence-electron chi connectivity index (χ0n) is 6.05. The Morgan fingerprint density at radius 2 is 2.20 bits per heavy atom. The van der Waals surface area contributed by atoms with Crippen molar-refractivity contribution in [1.82, 2.24) is 0 Å². The number of fused-ring (bicyclic) bond motifs is 1. The minimum absolute atomic E-state index is 0.359. The van der Waals surface area contributed by atoms with Gasteiger partial charge in [0.15, 0.2) is 0 Å². The molecule has 0 amide bonds. The molecule has 1 spiro atoms. The molecule has 3 aliphatic carbocycles. The highest BCUT2D eigenvalue weighted by molar-refractivity contribution is 5.17. The Hall–Kier alpha value is -0.300. The number of ether oxygens (including phenoxy) is 1. The van der Waals surface area contributed by atoms with Crippen LogP contribution in [0, 0.1) is 11.8 Å². The van der Waals surface area contributed by atoms with Gasteiger partial charge in [0.25, 0.3) is 0 Å². The van der Waals surface area contributed by atoms with Gasteiger partial charge in [-0.05, 0) is 25.2 Å². The predicted molar refractivity (Wildman–Crippen MR) is 38.7 cm³/mol. The van der Waals surface area contributed by atoms with Gasteiger partial charge in [-0.15, -0.1) is 0 Å². The minimum atomic E-state index is 0.359. The van der Waals surface area contributed by atoms with Gasteiger partial charge in [-0.2, -0.15) is 0 Å². The maximum Gasteiger partial charge on any atom is 0.0984 e. The Morgan fingerprint density at radius 1 is 1.30 bits per heavy atom. The average molecular weight is 136 g/mol. The lowest BCUT2D eigenvalue weighted by atomic mass is 9.69. The molecule has 1 aliphatic heterocycles. The molecule has 1 saturated carbocycles. The van der Waals surface area contributed by atoms with Gasteiger partial charge in [0.1, 0.15) is 0 Å². The van der Waals surface area contributed by atoms with Crippen LogP contribution in [0.1, 0.15) is 19.3 Å². The van der Waals surface area contributed by atoms with Crippen molar-refractivity contribution in [2.24, 2.45) is 11.8 Å². The third-order valence-electron chi connectivity index (χ3n) is 3.26. The molecule has 0 aromatic rings. The van der Waals surface area contributed by atoms with Crippen LogP contribution >= 0.6 is 0 Å². The smallest absolute Gasteiger partial charge is 0.0984 e. The molecule has 2 fully saturated rings. The first-order chi connectivity index (χ1) is 4.89. The van der Waals surface area contributed by atoms with Gasteiger partial charge >= 0.3 is 0 Å². The highest BCUT2D eigenvalue weighted by atomic mass is 16.6. The van der Waals surface area contributed by atoms with Crippen LogP contribution < -0.4 is 0 Å². The molecule has 0 aromatic carbocycles.